The minimum Gasteiger partial charge on any atom is -0.306 e. The Kier molecular flexibility index (Phi) is 5.87. The zero-order valence-electron chi connectivity index (χ0n) is 12.0. The van der Waals surface area contributed by atoms with Gasteiger partial charge in [-0.2, -0.15) is 0 Å². The number of hydrogen-bond acceptors (Lipinski definition) is 1. The molecule has 0 fully saturated rings. The van der Waals surface area contributed by atoms with Gasteiger partial charge in [0.1, 0.15) is 0 Å². The molecule has 0 bridgehead atoms. The minimum absolute atomic E-state index is 0.471. The third-order valence-corrected chi connectivity index (χ3v) is 2.71. The van der Waals surface area contributed by atoms with Gasteiger partial charge in [0.2, 0.25) is 0 Å². The van der Waals surface area contributed by atoms with Crippen molar-refractivity contribution in [3.63, 3.8) is 0 Å². The lowest BCUT2D eigenvalue weighted by Gasteiger charge is -2.25. The summed E-state index contributed by atoms with van der Waals surface area (Å²) in [5, 5.41) is 0. The van der Waals surface area contributed by atoms with Crippen LogP contribution in [0.25, 0.3) is 0 Å². The fraction of sp³-hybridized carbons (Fsp3) is 1.00. The normalized spacial score (nSPS) is 13.6. The topological polar surface area (TPSA) is 3.24 Å². The quantitative estimate of drug-likeness (QED) is 0.662. The van der Waals surface area contributed by atoms with Gasteiger partial charge in [0.05, 0.1) is 0 Å². The average Bonchev–Trinajstić information content (AvgIpc) is 1.97. The van der Waals surface area contributed by atoms with Crippen LogP contribution in [0.5, 0.6) is 0 Å². The summed E-state index contributed by atoms with van der Waals surface area (Å²) in [6.07, 6.45) is 3.94. The van der Waals surface area contributed by atoms with Crippen molar-refractivity contribution in [2.45, 2.75) is 60.8 Å². The molecule has 1 nitrogen and oxygen atoms in total. The maximum absolute atomic E-state index is 2.47. The fourth-order valence-corrected chi connectivity index (χ4v) is 1.52. The Morgan fingerprint density at radius 1 is 0.733 bits per heavy atom. The minimum atomic E-state index is 0.471. The molecule has 0 aromatic heterocycles. The molecule has 92 valence electrons. The number of rotatable bonds is 5. The van der Waals surface area contributed by atoms with E-state index in [4.69, 9.17) is 0 Å². The predicted octanol–water partition coefficient (Wildman–Crippen LogP) is 4.18. The van der Waals surface area contributed by atoms with E-state index in [1.165, 1.54) is 32.4 Å². The highest BCUT2D eigenvalue weighted by molar-refractivity contribution is 4.66. The van der Waals surface area contributed by atoms with Crippen LogP contribution in [0.1, 0.15) is 60.8 Å². The maximum Gasteiger partial charge on any atom is -0.00168 e. The van der Waals surface area contributed by atoms with Crippen LogP contribution in [0.15, 0.2) is 0 Å². The predicted molar refractivity (Wildman–Crippen MR) is 70.3 cm³/mol. The first kappa shape index (κ1) is 15.0. The van der Waals surface area contributed by atoms with Crippen molar-refractivity contribution in [3.8, 4) is 0 Å². The summed E-state index contributed by atoms with van der Waals surface area (Å²) in [4.78, 5) is 2.47. The molecule has 0 heterocycles. The second kappa shape index (κ2) is 5.89. The third-order valence-electron chi connectivity index (χ3n) is 2.71. The molecule has 1 heteroatoms. The Balaban J connectivity index is 3.54. The van der Waals surface area contributed by atoms with Gasteiger partial charge in [0, 0.05) is 0 Å². The van der Waals surface area contributed by atoms with Gasteiger partial charge in [-0.1, -0.05) is 41.5 Å². The lowest BCUT2D eigenvalue weighted by molar-refractivity contribution is 0.246. The highest BCUT2D eigenvalue weighted by Gasteiger charge is 2.12. The van der Waals surface area contributed by atoms with Crippen LogP contribution in [0, 0.1) is 10.8 Å². The van der Waals surface area contributed by atoms with Gasteiger partial charge in [-0.25, -0.2) is 0 Å². The first-order chi connectivity index (χ1) is 6.60. The van der Waals surface area contributed by atoms with E-state index in [1.807, 2.05) is 0 Å². The maximum atomic E-state index is 2.47. The summed E-state index contributed by atoms with van der Waals surface area (Å²) in [6.45, 7) is 16.4. The molecule has 0 radical (unpaired) electrons. The van der Waals surface area contributed by atoms with E-state index in [2.05, 4.69) is 53.5 Å². The summed E-state index contributed by atoms with van der Waals surface area (Å²) in [5.74, 6) is 0. The zero-order chi connectivity index (χ0) is 12.1. The van der Waals surface area contributed by atoms with Crippen molar-refractivity contribution in [1.29, 1.82) is 0 Å². The molecule has 0 aromatic carbocycles. The smallest absolute Gasteiger partial charge is 0.00168 e. The van der Waals surface area contributed by atoms with Crippen LogP contribution in [-0.2, 0) is 0 Å². The highest BCUT2D eigenvalue weighted by atomic mass is 15.1. The van der Waals surface area contributed by atoms with Crippen LogP contribution in [0.3, 0.4) is 0 Å². The Morgan fingerprint density at radius 3 is 1.60 bits per heavy atom. The molecule has 0 amide bonds. The first-order valence-corrected chi connectivity index (χ1v) is 6.29. The number of hydrogen-bond donors (Lipinski definition) is 0. The summed E-state index contributed by atoms with van der Waals surface area (Å²) in [6, 6.07) is 0. The Hall–Kier alpha value is -0.0400. The molecule has 0 saturated heterocycles. The van der Waals surface area contributed by atoms with Gasteiger partial charge in [0.15, 0.2) is 0 Å². The van der Waals surface area contributed by atoms with Crippen molar-refractivity contribution in [2.75, 3.05) is 20.1 Å². The highest BCUT2D eigenvalue weighted by Crippen LogP contribution is 2.21. The monoisotopic (exact) mass is 213 g/mol. The molecule has 0 unspecified atom stereocenters. The summed E-state index contributed by atoms with van der Waals surface area (Å²) in [7, 11) is 2.24. The number of nitrogens with zero attached hydrogens (tertiary/aromatic N) is 1. The van der Waals surface area contributed by atoms with E-state index in [1.54, 1.807) is 0 Å². The van der Waals surface area contributed by atoms with Crippen molar-refractivity contribution >= 4 is 0 Å². The lowest BCUT2D eigenvalue weighted by Crippen LogP contribution is -2.25. The van der Waals surface area contributed by atoms with Gasteiger partial charge in [0.25, 0.3) is 0 Å². The second-order valence-electron chi connectivity index (χ2n) is 7.28. The molecule has 0 aliphatic carbocycles. The first-order valence-electron chi connectivity index (χ1n) is 6.29. The van der Waals surface area contributed by atoms with Crippen LogP contribution in [-0.4, -0.2) is 25.0 Å². The summed E-state index contributed by atoms with van der Waals surface area (Å²) < 4.78 is 0. The van der Waals surface area contributed by atoms with E-state index >= 15 is 0 Å². The van der Waals surface area contributed by atoms with Crippen LogP contribution >= 0.6 is 0 Å². The molecule has 0 atom stereocenters. The van der Waals surface area contributed by atoms with E-state index in [9.17, 15) is 0 Å². The molecule has 0 aliphatic rings. The Morgan fingerprint density at radius 2 is 1.20 bits per heavy atom. The van der Waals surface area contributed by atoms with Crippen LogP contribution in [0.4, 0.5) is 0 Å². The average molecular weight is 213 g/mol. The molecular formula is C14H31N. The van der Waals surface area contributed by atoms with Crippen LogP contribution in [0.2, 0.25) is 0 Å². The van der Waals surface area contributed by atoms with Gasteiger partial charge in [-0.3, -0.25) is 0 Å². The molecule has 0 N–H and O–H groups in total. The third kappa shape index (κ3) is 11.9. The molecule has 0 aliphatic heterocycles. The molecular weight excluding hydrogens is 182 g/mol. The second-order valence-corrected chi connectivity index (χ2v) is 7.28. The van der Waals surface area contributed by atoms with Crippen LogP contribution < -0.4 is 0 Å². The van der Waals surface area contributed by atoms with Gasteiger partial charge in [-0.05, 0) is 50.2 Å². The lowest BCUT2D eigenvalue weighted by atomic mass is 9.90. The fourth-order valence-electron chi connectivity index (χ4n) is 1.52. The Labute approximate surface area is 97.2 Å². The van der Waals surface area contributed by atoms with Crippen molar-refractivity contribution in [3.05, 3.63) is 0 Å². The standard InChI is InChI=1S/C14H31N/c1-13(2,3)9-8-11-15(7)12-10-14(4,5)6/h8-12H2,1-7H3. The van der Waals surface area contributed by atoms with Gasteiger partial charge >= 0.3 is 0 Å². The SMILES string of the molecule is CN(CCCC(C)(C)C)CCC(C)(C)C. The van der Waals surface area contributed by atoms with Crippen molar-refractivity contribution in [1.82, 2.24) is 4.90 Å². The molecule has 15 heavy (non-hydrogen) atoms. The molecule has 0 saturated carbocycles. The van der Waals surface area contributed by atoms with E-state index in [0.717, 1.165) is 0 Å². The van der Waals surface area contributed by atoms with Crippen molar-refractivity contribution in [2.24, 2.45) is 10.8 Å². The Bertz CT molecular complexity index is 159. The van der Waals surface area contributed by atoms with E-state index in [0.29, 0.717) is 10.8 Å². The molecule has 0 spiro atoms. The van der Waals surface area contributed by atoms with E-state index < -0.39 is 0 Å². The molecule has 0 rings (SSSR count). The van der Waals surface area contributed by atoms with Crippen molar-refractivity contribution < 1.29 is 0 Å². The summed E-state index contributed by atoms with van der Waals surface area (Å²) >= 11 is 0. The van der Waals surface area contributed by atoms with Gasteiger partial charge < -0.3 is 4.90 Å². The van der Waals surface area contributed by atoms with E-state index in [-0.39, 0.29) is 0 Å². The summed E-state index contributed by atoms with van der Waals surface area (Å²) in [5.41, 5.74) is 0.961. The molecule has 0 aromatic rings. The van der Waals surface area contributed by atoms with Gasteiger partial charge in [-0.15, -0.1) is 0 Å². The zero-order valence-corrected chi connectivity index (χ0v) is 12.0. The largest absolute Gasteiger partial charge is 0.306 e.